The van der Waals surface area contributed by atoms with Crippen molar-refractivity contribution < 1.29 is 4.84 Å². The number of rotatable bonds is 6. The number of hydrogen-bond donors (Lipinski definition) is 2. The molecule has 0 aliphatic rings. The van der Waals surface area contributed by atoms with Gasteiger partial charge in [-0.15, -0.1) is 0 Å². The fraction of sp³-hybridized carbons (Fsp3) is 0.231. The van der Waals surface area contributed by atoms with E-state index in [1.807, 2.05) is 37.3 Å². The lowest BCUT2D eigenvalue weighted by molar-refractivity contribution is 0.311. The quantitative estimate of drug-likeness (QED) is 0.481. The van der Waals surface area contributed by atoms with Crippen molar-refractivity contribution in [1.82, 2.24) is 15.0 Å². The number of amidine groups is 1. The van der Waals surface area contributed by atoms with E-state index >= 15 is 0 Å². The first kappa shape index (κ1) is 15.0. The van der Waals surface area contributed by atoms with Crippen LogP contribution in [0.1, 0.15) is 18.9 Å². The summed E-state index contributed by atoms with van der Waals surface area (Å²) in [6.07, 6.45) is 0.929. The van der Waals surface area contributed by atoms with Gasteiger partial charge >= 0.3 is 6.01 Å². The SMILES string of the molecule is CCCNc1nc(Cl)nc(ON=C(N)c2ccccc2)n1. The first-order valence-corrected chi connectivity index (χ1v) is 6.78. The molecule has 2 aromatic rings. The van der Waals surface area contributed by atoms with Gasteiger partial charge in [0.15, 0.2) is 5.84 Å². The maximum atomic E-state index is 5.80. The average molecular weight is 307 g/mol. The third kappa shape index (κ3) is 4.57. The summed E-state index contributed by atoms with van der Waals surface area (Å²) in [5.41, 5.74) is 6.54. The van der Waals surface area contributed by atoms with Gasteiger partial charge in [-0.25, -0.2) is 0 Å². The molecule has 0 spiro atoms. The number of nitrogens with one attached hydrogen (secondary N) is 1. The number of benzene rings is 1. The van der Waals surface area contributed by atoms with Gasteiger partial charge in [0.1, 0.15) is 0 Å². The number of oxime groups is 1. The first-order valence-electron chi connectivity index (χ1n) is 6.40. The van der Waals surface area contributed by atoms with E-state index in [0.717, 1.165) is 18.5 Å². The van der Waals surface area contributed by atoms with Crippen LogP contribution in [0, 0.1) is 0 Å². The summed E-state index contributed by atoms with van der Waals surface area (Å²) in [5, 5.41) is 6.79. The Morgan fingerprint density at radius 3 is 2.76 bits per heavy atom. The van der Waals surface area contributed by atoms with Crippen LogP contribution in [0.15, 0.2) is 35.5 Å². The van der Waals surface area contributed by atoms with Crippen molar-refractivity contribution in [2.24, 2.45) is 10.9 Å². The van der Waals surface area contributed by atoms with Gasteiger partial charge in [0.2, 0.25) is 11.2 Å². The van der Waals surface area contributed by atoms with E-state index in [4.69, 9.17) is 22.2 Å². The van der Waals surface area contributed by atoms with Crippen molar-refractivity contribution in [3.05, 3.63) is 41.2 Å². The molecular formula is C13H15ClN6O. The topological polar surface area (TPSA) is 98.3 Å². The second-order valence-electron chi connectivity index (χ2n) is 4.07. The van der Waals surface area contributed by atoms with Crippen molar-refractivity contribution in [1.29, 1.82) is 0 Å². The summed E-state index contributed by atoms with van der Waals surface area (Å²) in [5.74, 6) is 0.551. The fourth-order valence-electron chi connectivity index (χ4n) is 1.44. The Balaban J connectivity index is 2.10. The van der Waals surface area contributed by atoms with Gasteiger partial charge in [-0.1, -0.05) is 42.4 Å². The van der Waals surface area contributed by atoms with Gasteiger partial charge in [-0.3, -0.25) is 0 Å². The largest absolute Gasteiger partial charge is 0.380 e. The van der Waals surface area contributed by atoms with Crippen LogP contribution in [0.2, 0.25) is 5.28 Å². The molecule has 3 N–H and O–H groups in total. The van der Waals surface area contributed by atoms with E-state index < -0.39 is 0 Å². The Kier molecular flexibility index (Phi) is 5.28. The van der Waals surface area contributed by atoms with E-state index in [9.17, 15) is 0 Å². The molecule has 0 saturated heterocycles. The summed E-state index contributed by atoms with van der Waals surface area (Å²) in [6.45, 7) is 2.74. The minimum atomic E-state index is -0.0208. The van der Waals surface area contributed by atoms with Crippen molar-refractivity contribution in [3.63, 3.8) is 0 Å². The van der Waals surface area contributed by atoms with Gasteiger partial charge in [0.05, 0.1) is 0 Å². The van der Waals surface area contributed by atoms with Gasteiger partial charge in [-0.2, -0.15) is 15.0 Å². The zero-order valence-electron chi connectivity index (χ0n) is 11.5. The predicted octanol–water partition coefficient (Wildman–Crippen LogP) is 2.05. The molecule has 1 aromatic heterocycles. The molecule has 1 heterocycles. The molecular weight excluding hydrogens is 292 g/mol. The predicted molar refractivity (Wildman–Crippen MR) is 81.4 cm³/mol. The third-order valence-corrected chi connectivity index (χ3v) is 2.58. The minimum Gasteiger partial charge on any atom is -0.380 e. The van der Waals surface area contributed by atoms with Crippen molar-refractivity contribution >= 4 is 23.4 Å². The zero-order valence-corrected chi connectivity index (χ0v) is 12.2. The number of anilines is 1. The Bertz CT molecular complexity index is 619. The average Bonchev–Trinajstić information content (AvgIpc) is 2.51. The maximum absolute atomic E-state index is 5.80. The standard InChI is InChI=1S/C13H15ClN6O/c1-2-8-16-12-17-11(14)18-13(19-12)21-20-10(15)9-6-4-3-5-7-9/h3-7H,2,8H2,1H3,(H2,15,20)(H,16,17,18,19). The molecule has 0 aliphatic heterocycles. The van der Waals surface area contributed by atoms with Crippen molar-refractivity contribution in [2.75, 3.05) is 11.9 Å². The van der Waals surface area contributed by atoms with Crippen LogP contribution in [-0.4, -0.2) is 27.3 Å². The highest BCUT2D eigenvalue weighted by atomic mass is 35.5. The van der Waals surface area contributed by atoms with Crippen molar-refractivity contribution in [2.45, 2.75) is 13.3 Å². The van der Waals surface area contributed by atoms with Crippen molar-refractivity contribution in [3.8, 4) is 6.01 Å². The Morgan fingerprint density at radius 2 is 2.05 bits per heavy atom. The number of nitrogens with zero attached hydrogens (tertiary/aromatic N) is 4. The summed E-state index contributed by atoms with van der Waals surface area (Å²) < 4.78 is 0. The van der Waals surface area contributed by atoms with Crippen LogP contribution in [0.3, 0.4) is 0 Å². The molecule has 0 atom stereocenters. The number of halogens is 1. The van der Waals surface area contributed by atoms with E-state index in [-0.39, 0.29) is 17.1 Å². The monoisotopic (exact) mass is 306 g/mol. The molecule has 110 valence electrons. The van der Waals surface area contributed by atoms with Crippen LogP contribution in [0.4, 0.5) is 5.95 Å². The van der Waals surface area contributed by atoms with E-state index in [2.05, 4.69) is 25.4 Å². The highest BCUT2D eigenvalue weighted by Gasteiger charge is 2.06. The number of aromatic nitrogens is 3. The second-order valence-corrected chi connectivity index (χ2v) is 4.41. The van der Waals surface area contributed by atoms with Gasteiger partial charge in [0.25, 0.3) is 0 Å². The third-order valence-electron chi connectivity index (χ3n) is 2.42. The van der Waals surface area contributed by atoms with E-state index in [1.54, 1.807) is 0 Å². The lowest BCUT2D eigenvalue weighted by atomic mass is 10.2. The summed E-state index contributed by atoms with van der Waals surface area (Å²) >= 11 is 5.80. The molecule has 0 aliphatic carbocycles. The smallest absolute Gasteiger partial charge is 0.351 e. The van der Waals surface area contributed by atoms with Gasteiger partial charge < -0.3 is 15.9 Å². The Morgan fingerprint density at radius 1 is 1.29 bits per heavy atom. The molecule has 0 saturated carbocycles. The maximum Gasteiger partial charge on any atom is 0.351 e. The van der Waals surface area contributed by atoms with Gasteiger partial charge in [-0.05, 0) is 18.0 Å². The minimum absolute atomic E-state index is 0.0204. The molecule has 0 radical (unpaired) electrons. The van der Waals surface area contributed by atoms with Crippen LogP contribution in [0.5, 0.6) is 6.01 Å². The second kappa shape index (κ2) is 7.39. The zero-order chi connectivity index (χ0) is 15.1. The molecule has 7 nitrogen and oxygen atoms in total. The Labute approximate surface area is 127 Å². The first-order chi connectivity index (χ1) is 10.2. The molecule has 2 rings (SSSR count). The summed E-state index contributed by atoms with van der Waals surface area (Å²) in [6, 6.07) is 9.20. The molecule has 8 heteroatoms. The van der Waals surface area contributed by atoms with Crippen LogP contribution in [-0.2, 0) is 0 Å². The summed E-state index contributed by atoms with van der Waals surface area (Å²) in [7, 11) is 0. The number of nitrogens with two attached hydrogens (primary N) is 1. The normalized spacial score (nSPS) is 11.2. The van der Waals surface area contributed by atoms with E-state index in [0.29, 0.717) is 5.95 Å². The van der Waals surface area contributed by atoms with Crippen LogP contribution in [0.25, 0.3) is 0 Å². The molecule has 1 aromatic carbocycles. The Hall–Kier alpha value is -2.41. The molecule has 0 bridgehead atoms. The molecule has 0 fully saturated rings. The van der Waals surface area contributed by atoms with Gasteiger partial charge in [0, 0.05) is 12.1 Å². The lowest BCUT2D eigenvalue weighted by Gasteiger charge is -2.04. The lowest BCUT2D eigenvalue weighted by Crippen LogP contribution is -2.15. The molecule has 21 heavy (non-hydrogen) atoms. The summed E-state index contributed by atoms with van der Waals surface area (Å²) in [4.78, 5) is 16.9. The molecule has 0 amide bonds. The van der Waals surface area contributed by atoms with Crippen LogP contribution < -0.4 is 15.9 Å². The molecule has 0 unspecified atom stereocenters. The number of hydrogen-bond acceptors (Lipinski definition) is 6. The van der Waals surface area contributed by atoms with E-state index in [1.165, 1.54) is 0 Å². The fourth-order valence-corrected chi connectivity index (χ4v) is 1.59. The highest BCUT2D eigenvalue weighted by Crippen LogP contribution is 2.11. The highest BCUT2D eigenvalue weighted by molar-refractivity contribution is 6.28. The van der Waals surface area contributed by atoms with Crippen LogP contribution >= 0.6 is 11.6 Å².